The Morgan fingerprint density at radius 3 is 2.42 bits per heavy atom. The first-order valence-corrected chi connectivity index (χ1v) is 10.4. The number of ether oxygens (including phenoxy) is 3. The van der Waals surface area contributed by atoms with Crippen LogP contribution in [0.3, 0.4) is 0 Å². The molecule has 0 aliphatic carbocycles. The van der Waals surface area contributed by atoms with Crippen molar-refractivity contribution in [3.63, 3.8) is 0 Å². The van der Waals surface area contributed by atoms with Crippen molar-refractivity contribution >= 4 is 17.4 Å². The molecule has 2 amide bonds. The van der Waals surface area contributed by atoms with Crippen molar-refractivity contribution in [2.45, 2.75) is 6.04 Å². The van der Waals surface area contributed by atoms with Crippen molar-refractivity contribution < 1.29 is 19.0 Å². The zero-order valence-corrected chi connectivity index (χ0v) is 18.7. The van der Waals surface area contributed by atoms with Crippen LogP contribution in [0.5, 0.6) is 11.5 Å². The first kappa shape index (κ1) is 22.7. The molecule has 2 N–H and O–H groups in total. The summed E-state index contributed by atoms with van der Waals surface area (Å²) in [5.74, 6) is 1.05. The molecule has 0 saturated carbocycles. The van der Waals surface area contributed by atoms with Gasteiger partial charge >= 0.3 is 6.03 Å². The van der Waals surface area contributed by atoms with Gasteiger partial charge in [0.1, 0.15) is 0 Å². The highest BCUT2D eigenvalue weighted by molar-refractivity contribution is 5.91. The van der Waals surface area contributed by atoms with Crippen LogP contribution in [0.15, 0.2) is 42.5 Å². The molecule has 8 nitrogen and oxygen atoms in total. The zero-order valence-electron chi connectivity index (χ0n) is 18.7. The fraction of sp³-hybridized carbons (Fsp3) is 0.435. The quantitative estimate of drug-likeness (QED) is 0.673. The summed E-state index contributed by atoms with van der Waals surface area (Å²) >= 11 is 0. The monoisotopic (exact) mass is 428 g/mol. The van der Waals surface area contributed by atoms with Gasteiger partial charge in [0.15, 0.2) is 11.5 Å². The van der Waals surface area contributed by atoms with E-state index in [0.29, 0.717) is 36.9 Å². The summed E-state index contributed by atoms with van der Waals surface area (Å²) in [6.45, 7) is 3.51. The molecule has 2 aromatic rings. The number of hydrogen-bond acceptors (Lipinski definition) is 6. The lowest BCUT2D eigenvalue weighted by Crippen LogP contribution is -2.44. The van der Waals surface area contributed by atoms with Crippen molar-refractivity contribution in [2.24, 2.45) is 0 Å². The molecule has 1 saturated heterocycles. The lowest BCUT2D eigenvalue weighted by Gasteiger charge is -2.35. The Morgan fingerprint density at radius 1 is 1.10 bits per heavy atom. The number of amides is 2. The minimum atomic E-state index is -0.297. The highest BCUT2D eigenvalue weighted by atomic mass is 16.5. The maximum atomic E-state index is 12.7. The molecule has 2 aromatic carbocycles. The van der Waals surface area contributed by atoms with E-state index in [9.17, 15) is 4.79 Å². The van der Waals surface area contributed by atoms with E-state index in [2.05, 4.69) is 44.7 Å². The normalized spacial score (nSPS) is 15.1. The third kappa shape index (κ3) is 5.80. The molecule has 1 unspecified atom stereocenters. The largest absolute Gasteiger partial charge is 0.493 e. The summed E-state index contributed by atoms with van der Waals surface area (Å²) < 4.78 is 16.2. The molecule has 168 valence electrons. The molecule has 0 radical (unpaired) electrons. The Balaban J connectivity index is 1.70. The predicted molar refractivity (Wildman–Crippen MR) is 122 cm³/mol. The lowest BCUT2D eigenvalue weighted by molar-refractivity contribution is 0.0168. The molecular weight excluding hydrogens is 396 g/mol. The number of carbonyl (C=O) groups is 1. The maximum Gasteiger partial charge on any atom is 0.319 e. The topological polar surface area (TPSA) is 75.3 Å². The van der Waals surface area contributed by atoms with Gasteiger partial charge in [-0.2, -0.15) is 0 Å². The first-order valence-electron chi connectivity index (χ1n) is 10.4. The molecule has 1 heterocycles. The van der Waals surface area contributed by atoms with Gasteiger partial charge in [-0.3, -0.25) is 4.90 Å². The predicted octanol–water partition coefficient (Wildman–Crippen LogP) is 2.96. The number of nitrogens with one attached hydrogen (secondary N) is 2. The number of carbonyl (C=O) groups excluding carboxylic acids is 1. The summed E-state index contributed by atoms with van der Waals surface area (Å²) in [5, 5.41) is 5.88. The minimum Gasteiger partial charge on any atom is -0.493 e. The lowest BCUT2D eigenvalue weighted by atomic mass is 10.0. The number of urea groups is 1. The van der Waals surface area contributed by atoms with E-state index in [4.69, 9.17) is 14.2 Å². The molecule has 3 rings (SSSR count). The molecule has 0 bridgehead atoms. The number of nitrogens with zero attached hydrogens (tertiary/aromatic N) is 2. The second kappa shape index (κ2) is 10.9. The third-order valence-corrected chi connectivity index (χ3v) is 5.39. The molecule has 1 fully saturated rings. The Kier molecular flexibility index (Phi) is 7.97. The molecule has 1 atom stereocenters. The maximum absolute atomic E-state index is 12.7. The smallest absolute Gasteiger partial charge is 0.319 e. The molecule has 8 heteroatoms. The molecule has 1 aliphatic rings. The second-order valence-corrected chi connectivity index (χ2v) is 7.53. The number of benzene rings is 2. The molecule has 0 aromatic heterocycles. The standard InChI is InChI=1S/C23H32N4O4/c1-26(2)18-10-8-17(9-11-18)20(27-12-14-31-15-13-27)16-24-23(28)25-19-6-5-7-21(29-3)22(19)30-4/h5-11,20H,12-16H2,1-4H3,(H2,24,25,28). The van der Waals surface area contributed by atoms with Crippen molar-refractivity contribution in [3.05, 3.63) is 48.0 Å². The fourth-order valence-electron chi connectivity index (χ4n) is 3.68. The molecule has 1 aliphatic heterocycles. The molecule has 0 spiro atoms. The van der Waals surface area contributed by atoms with Crippen LogP contribution >= 0.6 is 0 Å². The summed E-state index contributed by atoms with van der Waals surface area (Å²) in [6, 6.07) is 13.6. The number of rotatable bonds is 8. The highest BCUT2D eigenvalue weighted by Gasteiger charge is 2.23. The SMILES string of the molecule is COc1cccc(NC(=O)NCC(c2ccc(N(C)C)cc2)N2CCOCC2)c1OC. The van der Waals surface area contributed by atoms with Crippen LogP contribution in [0.2, 0.25) is 0 Å². The average Bonchev–Trinajstić information content (AvgIpc) is 2.80. The van der Waals surface area contributed by atoms with Crippen LogP contribution in [-0.2, 0) is 4.74 Å². The summed E-state index contributed by atoms with van der Waals surface area (Å²) in [7, 11) is 7.16. The zero-order chi connectivity index (χ0) is 22.2. The van der Waals surface area contributed by atoms with Crippen LogP contribution in [0.4, 0.5) is 16.2 Å². The Bertz CT molecular complexity index is 851. The number of methoxy groups -OCH3 is 2. The first-order chi connectivity index (χ1) is 15.0. The minimum absolute atomic E-state index is 0.0538. The summed E-state index contributed by atoms with van der Waals surface area (Å²) in [6.07, 6.45) is 0. The van der Waals surface area contributed by atoms with Crippen molar-refractivity contribution in [2.75, 3.05) is 71.4 Å². The van der Waals surface area contributed by atoms with Crippen molar-refractivity contribution in [1.82, 2.24) is 10.2 Å². The van der Waals surface area contributed by atoms with Crippen molar-refractivity contribution in [1.29, 1.82) is 0 Å². The van der Waals surface area contributed by atoms with Crippen LogP contribution < -0.4 is 25.0 Å². The number of para-hydroxylation sites is 1. The van der Waals surface area contributed by atoms with E-state index in [0.717, 1.165) is 24.3 Å². The number of morpholine rings is 1. The fourth-order valence-corrected chi connectivity index (χ4v) is 3.68. The summed E-state index contributed by atoms with van der Waals surface area (Å²) in [4.78, 5) is 17.1. The molecular formula is C23H32N4O4. The van der Waals surface area contributed by atoms with E-state index >= 15 is 0 Å². The summed E-state index contributed by atoms with van der Waals surface area (Å²) in [5.41, 5.74) is 2.85. The van der Waals surface area contributed by atoms with Gasteiger partial charge in [0, 0.05) is 39.4 Å². The second-order valence-electron chi connectivity index (χ2n) is 7.53. The van der Waals surface area contributed by atoms with E-state index in [-0.39, 0.29) is 12.1 Å². The Labute approximate surface area is 184 Å². The third-order valence-electron chi connectivity index (χ3n) is 5.39. The van der Waals surface area contributed by atoms with Gasteiger partial charge < -0.3 is 29.7 Å². The van der Waals surface area contributed by atoms with E-state index < -0.39 is 0 Å². The average molecular weight is 429 g/mol. The van der Waals surface area contributed by atoms with Gasteiger partial charge in [0.05, 0.1) is 39.2 Å². The van der Waals surface area contributed by atoms with Gasteiger partial charge in [-0.25, -0.2) is 4.79 Å². The van der Waals surface area contributed by atoms with Crippen LogP contribution in [-0.4, -0.2) is 72.1 Å². The van der Waals surface area contributed by atoms with Gasteiger partial charge in [-0.1, -0.05) is 18.2 Å². The number of anilines is 2. The molecule has 31 heavy (non-hydrogen) atoms. The van der Waals surface area contributed by atoms with Crippen LogP contribution in [0, 0.1) is 0 Å². The Hall–Kier alpha value is -2.97. The highest BCUT2D eigenvalue weighted by Crippen LogP contribution is 2.34. The van der Waals surface area contributed by atoms with E-state index in [1.165, 1.54) is 0 Å². The van der Waals surface area contributed by atoms with Crippen LogP contribution in [0.1, 0.15) is 11.6 Å². The van der Waals surface area contributed by atoms with Gasteiger partial charge in [0.25, 0.3) is 0 Å². The van der Waals surface area contributed by atoms with Gasteiger partial charge in [-0.15, -0.1) is 0 Å². The van der Waals surface area contributed by atoms with Gasteiger partial charge in [-0.05, 0) is 29.8 Å². The van der Waals surface area contributed by atoms with Crippen LogP contribution in [0.25, 0.3) is 0 Å². The van der Waals surface area contributed by atoms with Gasteiger partial charge in [0.2, 0.25) is 0 Å². The number of hydrogen-bond donors (Lipinski definition) is 2. The van der Waals surface area contributed by atoms with Crippen molar-refractivity contribution in [3.8, 4) is 11.5 Å². The van der Waals surface area contributed by atoms with E-state index in [1.807, 2.05) is 14.1 Å². The van der Waals surface area contributed by atoms with E-state index in [1.54, 1.807) is 32.4 Å². The Morgan fingerprint density at radius 2 is 1.81 bits per heavy atom.